The van der Waals surface area contributed by atoms with Crippen molar-refractivity contribution in [3.05, 3.63) is 41.1 Å². The molecule has 2 bridgehead atoms. The molecular formula is C22H29N3O. The van der Waals surface area contributed by atoms with Gasteiger partial charge in [-0.2, -0.15) is 5.26 Å². The van der Waals surface area contributed by atoms with Crippen molar-refractivity contribution in [2.45, 2.75) is 59.9 Å². The summed E-state index contributed by atoms with van der Waals surface area (Å²) in [6.45, 7) is 11.9. The van der Waals surface area contributed by atoms with E-state index in [-0.39, 0.29) is 16.9 Å². The Labute approximate surface area is 156 Å². The summed E-state index contributed by atoms with van der Waals surface area (Å²) in [6, 6.07) is 8.40. The van der Waals surface area contributed by atoms with E-state index in [9.17, 15) is 10.1 Å². The number of carbonyl (C=O) groups excluding carboxylic acids is 1. The van der Waals surface area contributed by atoms with E-state index in [1.54, 1.807) is 6.20 Å². The van der Waals surface area contributed by atoms with Crippen LogP contribution in [0.25, 0.3) is 0 Å². The van der Waals surface area contributed by atoms with Gasteiger partial charge in [0.15, 0.2) is 0 Å². The molecule has 1 aliphatic heterocycles. The van der Waals surface area contributed by atoms with Crippen molar-refractivity contribution in [2.75, 3.05) is 11.9 Å². The van der Waals surface area contributed by atoms with Crippen LogP contribution in [-0.4, -0.2) is 23.4 Å². The summed E-state index contributed by atoms with van der Waals surface area (Å²) in [4.78, 5) is 14.9. The van der Waals surface area contributed by atoms with Crippen molar-refractivity contribution in [3.8, 4) is 6.07 Å². The smallest absolute Gasteiger partial charge is 0.267 e. The number of likely N-dealkylation sites (tertiary alicyclic amines) is 1. The van der Waals surface area contributed by atoms with E-state index in [4.69, 9.17) is 0 Å². The zero-order valence-corrected chi connectivity index (χ0v) is 16.5. The standard InChI is InChI=1S/C22H29N3O/c1-15-6-7-19(16(2)8-15)24-20(26)17(11-23)12-25-14-22(5)10-18(25)9-21(3,4)13-22/h6-8,12,18H,9-10,13-14H2,1-5H3,(H,24,26)/b17-12-. The van der Waals surface area contributed by atoms with Gasteiger partial charge in [0.05, 0.1) is 0 Å². The summed E-state index contributed by atoms with van der Waals surface area (Å²) >= 11 is 0. The molecule has 2 atom stereocenters. The summed E-state index contributed by atoms with van der Waals surface area (Å²) in [5.41, 5.74) is 3.68. The lowest BCUT2D eigenvalue weighted by molar-refractivity contribution is -0.112. The number of anilines is 1. The monoisotopic (exact) mass is 351 g/mol. The topological polar surface area (TPSA) is 56.1 Å². The van der Waals surface area contributed by atoms with Gasteiger partial charge in [-0.15, -0.1) is 0 Å². The normalized spacial score (nSPS) is 27.2. The highest BCUT2D eigenvalue weighted by Gasteiger charge is 2.48. The lowest BCUT2D eigenvalue weighted by Gasteiger charge is -2.39. The third-order valence-electron chi connectivity index (χ3n) is 5.75. The van der Waals surface area contributed by atoms with E-state index in [1.165, 1.54) is 6.42 Å². The van der Waals surface area contributed by atoms with E-state index >= 15 is 0 Å². The molecule has 1 heterocycles. The molecule has 1 aromatic carbocycles. The summed E-state index contributed by atoms with van der Waals surface area (Å²) in [5.74, 6) is -0.328. The van der Waals surface area contributed by atoms with Crippen LogP contribution in [0.5, 0.6) is 0 Å². The number of fused-ring (bicyclic) bond motifs is 2. The number of amides is 1. The first kappa shape index (κ1) is 18.5. The Bertz CT molecular complexity index is 802. The van der Waals surface area contributed by atoms with Gasteiger partial charge in [0.2, 0.25) is 0 Å². The predicted octanol–water partition coefficient (Wildman–Crippen LogP) is 4.55. The molecule has 0 aromatic heterocycles. The molecule has 4 nitrogen and oxygen atoms in total. The van der Waals surface area contributed by atoms with Gasteiger partial charge < -0.3 is 10.2 Å². The average molecular weight is 351 g/mol. The van der Waals surface area contributed by atoms with Crippen molar-refractivity contribution in [2.24, 2.45) is 10.8 Å². The molecule has 26 heavy (non-hydrogen) atoms. The number of benzene rings is 1. The van der Waals surface area contributed by atoms with Crippen LogP contribution in [0.3, 0.4) is 0 Å². The highest BCUT2D eigenvalue weighted by atomic mass is 16.1. The molecule has 0 spiro atoms. The Hall–Kier alpha value is -2.28. The van der Waals surface area contributed by atoms with Crippen LogP contribution < -0.4 is 5.32 Å². The zero-order chi connectivity index (χ0) is 19.1. The van der Waals surface area contributed by atoms with E-state index in [2.05, 4.69) is 37.1 Å². The number of carbonyl (C=O) groups is 1. The minimum Gasteiger partial charge on any atom is -0.373 e. The fraction of sp³-hybridized carbons (Fsp3) is 0.545. The van der Waals surface area contributed by atoms with Crippen molar-refractivity contribution < 1.29 is 4.79 Å². The number of aryl methyl sites for hydroxylation is 2. The molecule has 1 saturated carbocycles. The summed E-state index contributed by atoms with van der Waals surface area (Å²) in [5, 5.41) is 12.4. The van der Waals surface area contributed by atoms with Gasteiger partial charge in [-0.1, -0.05) is 38.5 Å². The molecule has 2 aliphatic rings. The van der Waals surface area contributed by atoms with Crippen LogP contribution in [0, 0.1) is 36.0 Å². The maximum Gasteiger partial charge on any atom is 0.267 e. The van der Waals surface area contributed by atoms with E-state index in [0.717, 1.165) is 36.2 Å². The van der Waals surface area contributed by atoms with Gasteiger partial charge >= 0.3 is 0 Å². The molecule has 1 aliphatic carbocycles. The van der Waals surface area contributed by atoms with Gasteiger partial charge in [0.1, 0.15) is 11.6 Å². The quantitative estimate of drug-likeness (QED) is 0.642. The van der Waals surface area contributed by atoms with Crippen molar-refractivity contribution >= 4 is 11.6 Å². The maximum absolute atomic E-state index is 12.6. The van der Waals surface area contributed by atoms with Crippen molar-refractivity contribution in [3.63, 3.8) is 0 Å². The Morgan fingerprint density at radius 3 is 2.69 bits per heavy atom. The molecule has 1 N–H and O–H groups in total. The van der Waals surface area contributed by atoms with Crippen LogP contribution in [0.1, 0.15) is 51.2 Å². The highest BCUT2D eigenvalue weighted by molar-refractivity contribution is 6.06. The van der Waals surface area contributed by atoms with Gasteiger partial charge in [0, 0.05) is 24.5 Å². The van der Waals surface area contributed by atoms with Gasteiger partial charge in [-0.25, -0.2) is 0 Å². The number of rotatable bonds is 3. The van der Waals surface area contributed by atoms with Gasteiger partial charge in [-0.3, -0.25) is 4.79 Å². The largest absolute Gasteiger partial charge is 0.373 e. The van der Waals surface area contributed by atoms with Gasteiger partial charge in [0.25, 0.3) is 5.91 Å². The second-order valence-electron chi connectivity index (χ2n) is 9.31. The fourth-order valence-corrected chi connectivity index (χ4v) is 5.10. The Balaban J connectivity index is 1.78. The zero-order valence-electron chi connectivity index (χ0n) is 16.5. The first-order chi connectivity index (χ1) is 12.1. The Morgan fingerprint density at radius 1 is 1.31 bits per heavy atom. The highest BCUT2D eigenvalue weighted by Crippen LogP contribution is 2.52. The summed E-state index contributed by atoms with van der Waals surface area (Å²) in [6.07, 6.45) is 5.23. The van der Waals surface area contributed by atoms with E-state index in [0.29, 0.717) is 11.5 Å². The number of nitrogens with one attached hydrogen (secondary N) is 1. The molecule has 0 radical (unpaired) electrons. The molecule has 2 unspecified atom stereocenters. The summed E-state index contributed by atoms with van der Waals surface area (Å²) in [7, 11) is 0. The van der Waals surface area contributed by atoms with E-state index in [1.807, 2.05) is 32.0 Å². The second-order valence-corrected chi connectivity index (χ2v) is 9.31. The summed E-state index contributed by atoms with van der Waals surface area (Å²) < 4.78 is 0. The molecule has 1 aromatic rings. The van der Waals surface area contributed by atoms with Gasteiger partial charge in [-0.05, 0) is 55.6 Å². The average Bonchev–Trinajstić information content (AvgIpc) is 2.75. The van der Waals surface area contributed by atoms with Crippen molar-refractivity contribution in [1.29, 1.82) is 5.26 Å². The Morgan fingerprint density at radius 2 is 2.04 bits per heavy atom. The van der Waals surface area contributed by atoms with Crippen LogP contribution >= 0.6 is 0 Å². The molecular weight excluding hydrogens is 322 g/mol. The molecule has 2 fully saturated rings. The van der Waals surface area contributed by atoms with Crippen LogP contribution in [0.2, 0.25) is 0 Å². The van der Waals surface area contributed by atoms with Crippen LogP contribution in [-0.2, 0) is 4.79 Å². The predicted molar refractivity (Wildman–Crippen MR) is 104 cm³/mol. The van der Waals surface area contributed by atoms with E-state index < -0.39 is 0 Å². The Kier molecular flexibility index (Phi) is 4.60. The maximum atomic E-state index is 12.6. The first-order valence-electron chi connectivity index (χ1n) is 9.37. The van der Waals surface area contributed by atoms with Crippen LogP contribution in [0.4, 0.5) is 5.69 Å². The van der Waals surface area contributed by atoms with Crippen LogP contribution in [0.15, 0.2) is 30.0 Å². The minimum absolute atomic E-state index is 0.180. The number of hydrogen-bond acceptors (Lipinski definition) is 3. The third kappa shape index (κ3) is 3.77. The molecule has 4 heteroatoms. The molecule has 1 amide bonds. The number of hydrogen-bond donors (Lipinski definition) is 1. The second kappa shape index (κ2) is 6.46. The minimum atomic E-state index is -0.328. The molecule has 138 valence electrons. The lowest BCUT2D eigenvalue weighted by Crippen LogP contribution is -2.33. The SMILES string of the molecule is Cc1ccc(NC(=O)/C(C#N)=C\N2CC3(C)CC2CC(C)(C)C3)c(C)c1. The lowest BCUT2D eigenvalue weighted by atomic mass is 9.65. The molecule has 3 rings (SSSR count). The van der Waals surface area contributed by atoms with Crippen molar-refractivity contribution in [1.82, 2.24) is 4.90 Å². The number of nitriles is 1. The fourth-order valence-electron chi connectivity index (χ4n) is 5.10. The first-order valence-corrected chi connectivity index (χ1v) is 9.37. The third-order valence-corrected chi connectivity index (χ3v) is 5.75. The number of nitrogens with zero attached hydrogens (tertiary/aromatic N) is 2. The molecule has 1 saturated heterocycles.